The summed E-state index contributed by atoms with van der Waals surface area (Å²) in [5.74, 6) is 0.405. The topological polar surface area (TPSA) is 31.4 Å². The molecule has 1 aromatic heterocycles. The van der Waals surface area contributed by atoms with Crippen molar-refractivity contribution in [3.63, 3.8) is 0 Å². The first-order valence-electron chi connectivity index (χ1n) is 6.97. The maximum absolute atomic E-state index is 6.12. The highest BCUT2D eigenvalue weighted by molar-refractivity contribution is 6.62. The van der Waals surface area contributed by atoms with Crippen molar-refractivity contribution in [3.8, 4) is 0 Å². The second-order valence-electron chi connectivity index (χ2n) is 6.65. The summed E-state index contributed by atoms with van der Waals surface area (Å²) in [7, 11) is -0.300. The van der Waals surface area contributed by atoms with Crippen LogP contribution in [0.1, 0.15) is 58.7 Å². The monoisotopic (exact) mass is 261 g/mol. The molecule has 2 rings (SSSR count). The molecule has 0 unspecified atom stereocenters. The molecule has 1 aliphatic rings. The van der Waals surface area contributed by atoms with Crippen molar-refractivity contribution in [2.24, 2.45) is 0 Å². The lowest BCUT2D eigenvalue weighted by Crippen LogP contribution is -2.41. The first-order valence-corrected chi connectivity index (χ1v) is 6.97. The molecule has 0 spiro atoms. The summed E-state index contributed by atoms with van der Waals surface area (Å²) in [6.45, 7) is 14.7. The normalized spacial score (nSPS) is 21.2. The van der Waals surface area contributed by atoms with E-state index in [-0.39, 0.29) is 18.3 Å². The highest BCUT2D eigenvalue weighted by atomic mass is 16.7. The van der Waals surface area contributed by atoms with E-state index in [2.05, 4.69) is 53.5 Å². The van der Waals surface area contributed by atoms with Gasteiger partial charge in [0.2, 0.25) is 0 Å². The molecule has 0 bridgehead atoms. The number of hydrogen-bond donors (Lipinski definition) is 0. The van der Waals surface area contributed by atoms with Crippen molar-refractivity contribution in [1.82, 2.24) is 4.98 Å². The second kappa shape index (κ2) is 4.60. The first kappa shape index (κ1) is 14.5. The Kier molecular flexibility index (Phi) is 3.52. The van der Waals surface area contributed by atoms with Crippen LogP contribution in [-0.2, 0) is 9.31 Å². The molecule has 0 aromatic carbocycles. The van der Waals surface area contributed by atoms with Gasteiger partial charge in [-0.2, -0.15) is 0 Å². The Morgan fingerprint density at radius 1 is 1.11 bits per heavy atom. The van der Waals surface area contributed by atoms with Crippen molar-refractivity contribution >= 4 is 12.6 Å². The maximum atomic E-state index is 6.12. The molecule has 1 aromatic rings. The lowest BCUT2D eigenvalue weighted by Gasteiger charge is -2.32. The van der Waals surface area contributed by atoms with E-state index in [4.69, 9.17) is 9.31 Å². The summed E-state index contributed by atoms with van der Waals surface area (Å²) in [5.41, 5.74) is 2.79. The van der Waals surface area contributed by atoms with Crippen LogP contribution in [0.3, 0.4) is 0 Å². The summed E-state index contributed by atoms with van der Waals surface area (Å²) in [4.78, 5) is 4.47. The molecule has 4 heteroatoms. The molecule has 0 saturated carbocycles. The van der Waals surface area contributed by atoms with Crippen LogP contribution < -0.4 is 5.46 Å². The summed E-state index contributed by atoms with van der Waals surface area (Å²) in [6, 6.07) is 2.00. The Morgan fingerprint density at radius 3 is 2.11 bits per heavy atom. The molecule has 1 aliphatic heterocycles. The molecule has 0 atom stereocenters. The fourth-order valence-corrected chi connectivity index (χ4v) is 2.38. The standard InChI is InChI=1S/C15H24BNO2/c1-10(2)13-11(3)12(8-9-17-13)16-18-14(4,5)15(6,7)19-16/h8-10H,1-7H3. The average molecular weight is 261 g/mol. The molecule has 0 radical (unpaired) electrons. The fourth-order valence-electron chi connectivity index (χ4n) is 2.38. The highest BCUT2D eigenvalue weighted by Crippen LogP contribution is 2.36. The van der Waals surface area contributed by atoms with Crippen molar-refractivity contribution in [1.29, 1.82) is 0 Å². The van der Waals surface area contributed by atoms with E-state index >= 15 is 0 Å². The number of pyridine rings is 1. The molecule has 0 amide bonds. The predicted molar refractivity (Wildman–Crippen MR) is 78.8 cm³/mol. The van der Waals surface area contributed by atoms with E-state index < -0.39 is 0 Å². The Hall–Kier alpha value is -0.865. The van der Waals surface area contributed by atoms with Crippen LogP contribution in [0.15, 0.2) is 12.3 Å². The highest BCUT2D eigenvalue weighted by Gasteiger charge is 2.52. The van der Waals surface area contributed by atoms with Crippen LogP contribution in [-0.4, -0.2) is 23.3 Å². The second-order valence-corrected chi connectivity index (χ2v) is 6.65. The van der Waals surface area contributed by atoms with E-state index in [0.717, 1.165) is 11.2 Å². The average Bonchev–Trinajstić information content (AvgIpc) is 2.47. The summed E-state index contributed by atoms with van der Waals surface area (Å²) >= 11 is 0. The minimum Gasteiger partial charge on any atom is -0.399 e. The Morgan fingerprint density at radius 2 is 1.63 bits per heavy atom. The first-order chi connectivity index (χ1) is 8.66. The molecular formula is C15H24BNO2. The van der Waals surface area contributed by atoms with Gasteiger partial charge in [-0.15, -0.1) is 0 Å². The number of rotatable bonds is 2. The van der Waals surface area contributed by atoms with E-state index in [1.807, 2.05) is 12.3 Å². The maximum Gasteiger partial charge on any atom is 0.495 e. The third-order valence-corrected chi connectivity index (χ3v) is 4.34. The summed E-state index contributed by atoms with van der Waals surface area (Å²) in [6.07, 6.45) is 1.85. The van der Waals surface area contributed by atoms with Crippen LogP contribution in [0, 0.1) is 6.92 Å². The number of nitrogens with zero attached hydrogens (tertiary/aromatic N) is 1. The molecule has 3 nitrogen and oxygen atoms in total. The fraction of sp³-hybridized carbons (Fsp3) is 0.667. The molecule has 1 fully saturated rings. The SMILES string of the molecule is Cc1c(B2OC(C)(C)C(C)(C)O2)ccnc1C(C)C. The van der Waals surface area contributed by atoms with E-state index in [1.54, 1.807) is 0 Å². The molecule has 2 heterocycles. The number of aromatic nitrogens is 1. The van der Waals surface area contributed by atoms with Crippen molar-refractivity contribution < 1.29 is 9.31 Å². The van der Waals surface area contributed by atoms with Gasteiger partial charge >= 0.3 is 7.12 Å². The van der Waals surface area contributed by atoms with Gasteiger partial charge in [0.05, 0.1) is 11.2 Å². The zero-order chi connectivity index (χ0) is 14.4. The largest absolute Gasteiger partial charge is 0.495 e. The van der Waals surface area contributed by atoms with E-state index in [0.29, 0.717) is 5.92 Å². The van der Waals surface area contributed by atoms with Gasteiger partial charge in [0, 0.05) is 11.9 Å². The third-order valence-electron chi connectivity index (χ3n) is 4.34. The molecule has 1 saturated heterocycles. The summed E-state index contributed by atoms with van der Waals surface area (Å²) < 4.78 is 12.2. The minimum atomic E-state index is -0.300. The van der Waals surface area contributed by atoms with Gasteiger partial charge in [0.1, 0.15) is 0 Å². The van der Waals surface area contributed by atoms with Crippen molar-refractivity contribution in [2.75, 3.05) is 0 Å². The van der Waals surface area contributed by atoms with Crippen LogP contribution in [0.5, 0.6) is 0 Å². The minimum absolute atomic E-state index is 0.300. The smallest absolute Gasteiger partial charge is 0.399 e. The van der Waals surface area contributed by atoms with Gasteiger partial charge in [-0.25, -0.2) is 0 Å². The molecular weight excluding hydrogens is 237 g/mol. The van der Waals surface area contributed by atoms with Gasteiger partial charge in [0.15, 0.2) is 0 Å². The van der Waals surface area contributed by atoms with Gasteiger partial charge in [-0.3, -0.25) is 4.98 Å². The van der Waals surface area contributed by atoms with Crippen LogP contribution >= 0.6 is 0 Å². The van der Waals surface area contributed by atoms with Crippen molar-refractivity contribution in [3.05, 3.63) is 23.5 Å². The number of hydrogen-bond acceptors (Lipinski definition) is 3. The van der Waals surface area contributed by atoms with Crippen LogP contribution in [0.25, 0.3) is 0 Å². The van der Waals surface area contributed by atoms with Gasteiger partial charge < -0.3 is 9.31 Å². The van der Waals surface area contributed by atoms with Crippen molar-refractivity contribution in [2.45, 2.75) is 65.6 Å². The van der Waals surface area contributed by atoms with Crippen LogP contribution in [0.2, 0.25) is 0 Å². The lowest BCUT2D eigenvalue weighted by molar-refractivity contribution is 0.00578. The van der Waals surface area contributed by atoms with E-state index in [1.165, 1.54) is 5.56 Å². The lowest BCUT2D eigenvalue weighted by atomic mass is 9.75. The Labute approximate surface area is 116 Å². The molecule has 0 aliphatic carbocycles. The van der Waals surface area contributed by atoms with Gasteiger partial charge in [-0.1, -0.05) is 13.8 Å². The zero-order valence-corrected chi connectivity index (χ0v) is 13.1. The molecule has 104 valence electrons. The molecule has 0 N–H and O–H groups in total. The van der Waals surface area contributed by atoms with Gasteiger partial charge in [0.25, 0.3) is 0 Å². The third kappa shape index (κ3) is 2.44. The quantitative estimate of drug-likeness (QED) is 0.767. The predicted octanol–water partition coefficient (Wildman–Crippen LogP) is 2.81. The zero-order valence-electron chi connectivity index (χ0n) is 13.1. The van der Waals surface area contributed by atoms with Gasteiger partial charge in [-0.05, 0) is 57.6 Å². The summed E-state index contributed by atoms with van der Waals surface area (Å²) in [5, 5.41) is 0. The van der Waals surface area contributed by atoms with E-state index in [9.17, 15) is 0 Å². The molecule has 19 heavy (non-hydrogen) atoms. The Balaban J connectivity index is 2.38. The Bertz CT molecular complexity index is 467. The van der Waals surface area contributed by atoms with Crippen LogP contribution in [0.4, 0.5) is 0 Å².